The second kappa shape index (κ2) is 15.1. The van der Waals surface area contributed by atoms with Crippen LogP contribution >= 0.6 is 0 Å². The van der Waals surface area contributed by atoms with Crippen LogP contribution in [0.4, 0.5) is 0 Å². The Hall–Kier alpha value is -2.81. The molecule has 0 aromatic carbocycles. The molecule has 0 rings (SSSR count). The van der Waals surface area contributed by atoms with E-state index in [1.165, 1.54) is 9.80 Å². The molecule has 0 aliphatic rings. The van der Waals surface area contributed by atoms with Crippen molar-refractivity contribution in [2.24, 2.45) is 5.73 Å². The molecule has 0 aromatic heterocycles. The van der Waals surface area contributed by atoms with Crippen molar-refractivity contribution in [2.45, 2.75) is 0 Å². The van der Waals surface area contributed by atoms with Crippen LogP contribution in [-0.2, 0) is 24.0 Å². The van der Waals surface area contributed by atoms with Gasteiger partial charge in [0, 0.05) is 39.3 Å². The Balaban J connectivity index is 4.93. The predicted octanol–water partition coefficient (Wildman–Crippen LogP) is -3.69. The standard InChI is InChI=1S/C16H29N5O9/c17-1-2-18-12(22)7-20(9-14(25)26)5-3-19(8-13(23)24)4-6-21(10-15(27)28)11-16(29)30/h1-11,17H2,(H,18,22)(H,23,24)(H,25,26)(H,27,28)(H,29,30). The molecule has 1 amide bonds. The predicted molar refractivity (Wildman–Crippen MR) is 102 cm³/mol. The fourth-order valence-corrected chi connectivity index (χ4v) is 2.50. The van der Waals surface area contributed by atoms with Crippen LogP contribution in [0.3, 0.4) is 0 Å². The fourth-order valence-electron chi connectivity index (χ4n) is 2.50. The lowest BCUT2D eigenvalue weighted by Gasteiger charge is -2.27. The van der Waals surface area contributed by atoms with Gasteiger partial charge in [-0.15, -0.1) is 0 Å². The monoisotopic (exact) mass is 435 g/mol. The van der Waals surface area contributed by atoms with E-state index in [1.54, 1.807) is 0 Å². The van der Waals surface area contributed by atoms with Crippen molar-refractivity contribution in [3.8, 4) is 0 Å². The van der Waals surface area contributed by atoms with Crippen LogP contribution in [0.1, 0.15) is 0 Å². The van der Waals surface area contributed by atoms with Crippen LogP contribution in [-0.4, -0.2) is 137 Å². The SMILES string of the molecule is NCCNC(=O)CN(CCN(CCN(CC(=O)O)CC(=O)O)CC(=O)O)CC(=O)O. The van der Waals surface area contributed by atoms with Crippen molar-refractivity contribution >= 4 is 29.8 Å². The summed E-state index contributed by atoms with van der Waals surface area (Å²) in [4.78, 5) is 59.5. The van der Waals surface area contributed by atoms with Crippen LogP contribution in [0, 0.1) is 0 Å². The Bertz CT molecular complexity index is 586. The molecule has 172 valence electrons. The average Bonchev–Trinajstić information content (AvgIpc) is 2.59. The minimum atomic E-state index is -1.22. The highest BCUT2D eigenvalue weighted by molar-refractivity contribution is 5.79. The molecule has 0 spiro atoms. The maximum absolute atomic E-state index is 11.8. The Kier molecular flexibility index (Phi) is 13.7. The maximum Gasteiger partial charge on any atom is 0.317 e. The zero-order valence-electron chi connectivity index (χ0n) is 16.5. The molecule has 0 atom stereocenters. The summed E-state index contributed by atoms with van der Waals surface area (Å²) >= 11 is 0. The lowest BCUT2D eigenvalue weighted by molar-refractivity contribution is -0.143. The number of hydrogen-bond donors (Lipinski definition) is 6. The number of rotatable bonds is 18. The van der Waals surface area contributed by atoms with E-state index in [0.29, 0.717) is 0 Å². The number of aliphatic carboxylic acids is 4. The quantitative estimate of drug-likeness (QED) is 0.122. The Morgan fingerprint density at radius 1 is 0.600 bits per heavy atom. The van der Waals surface area contributed by atoms with Crippen molar-refractivity contribution in [3.05, 3.63) is 0 Å². The molecule has 14 nitrogen and oxygen atoms in total. The fraction of sp³-hybridized carbons (Fsp3) is 0.688. The largest absolute Gasteiger partial charge is 0.480 e. The summed E-state index contributed by atoms with van der Waals surface area (Å²) in [5.41, 5.74) is 5.29. The number of nitrogens with zero attached hydrogens (tertiary/aromatic N) is 3. The molecule has 0 unspecified atom stereocenters. The van der Waals surface area contributed by atoms with E-state index in [4.69, 9.17) is 26.2 Å². The van der Waals surface area contributed by atoms with Crippen molar-refractivity contribution in [2.75, 3.05) is 72.0 Å². The van der Waals surface area contributed by atoms with Crippen LogP contribution in [0.2, 0.25) is 0 Å². The number of nitrogens with two attached hydrogens (primary N) is 1. The molecule has 7 N–H and O–H groups in total. The van der Waals surface area contributed by atoms with Gasteiger partial charge in [0.25, 0.3) is 0 Å². The highest BCUT2D eigenvalue weighted by Gasteiger charge is 2.19. The molecule has 0 saturated carbocycles. The molecule has 0 aromatic rings. The Labute approximate surface area is 172 Å². The third-order valence-corrected chi connectivity index (χ3v) is 3.73. The summed E-state index contributed by atoms with van der Waals surface area (Å²) < 4.78 is 0. The van der Waals surface area contributed by atoms with E-state index < -0.39 is 56.0 Å². The lowest BCUT2D eigenvalue weighted by Crippen LogP contribution is -2.46. The summed E-state index contributed by atoms with van der Waals surface area (Å²) in [5, 5.41) is 38.3. The normalized spacial score (nSPS) is 11.1. The zero-order chi connectivity index (χ0) is 23.1. The van der Waals surface area contributed by atoms with E-state index in [9.17, 15) is 24.0 Å². The van der Waals surface area contributed by atoms with Crippen molar-refractivity contribution in [1.82, 2.24) is 20.0 Å². The van der Waals surface area contributed by atoms with Crippen LogP contribution in [0.15, 0.2) is 0 Å². The van der Waals surface area contributed by atoms with Crippen LogP contribution in [0.25, 0.3) is 0 Å². The van der Waals surface area contributed by atoms with Gasteiger partial charge < -0.3 is 31.5 Å². The van der Waals surface area contributed by atoms with Crippen LogP contribution in [0.5, 0.6) is 0 Å². The van der Waals surface area contributed by atoms with E-state index in [2.05, 4.69) is 5.32 Å². The van der Waals surface area contributed by atoms with Crippen molar-refractivity contribution < 1.29 is 44.4 Å². The Morgan fingerprint density at radius 3 is 1.30 bits per heavy atom. The number of carbonyl (C=O) groups excluding carboxylic acids is 1. The van der Waals surface area contributed by atoms with Crippen molar-refractivity contribution in [1.29, 1.82) is 0 Å². The second-order valence-corrected chi connectivity index (χ2v) is 6.41. The molecule has 0 aliphatic carbocycles. The van der Waals surface area contributed by atoms with Crippen molar-refractivity contribution in [3.63, 3.8) is 0 Å². The van der Waals surface area contributed by atoms with E-state index in [1.807, 2.05) is 0 Å². The molecule has 0 aliphatic heterocycles. The van der Waals surface area contributed by atoms with Gasteiger partial charge >= 0.3 is 23.9 Å². The molecule has 0 heterocycles. The highest BCUT2D eigenvalue weighted by atomic mass is 16.4. The Morgan fingerprint density at radius 2 is 0.933 bits per heavy atom. The number of hydrogen-bond acceptors (Lipinski definition) is 9. The zero-order valence-corrected chi connectivity index (χ0v) is 16.5. The van der Waals surface area contributed by atoms with Gasteiger partial charge in [0.15, 0.2) is 0 Å². The molecule has 0 saturated heterocycles. The molecular formula is C16H29N5O9. The minimum Gasteiger partial charge on any atom is -0.480 e. The summed E-state index contributed by atoms with van der Waals surface area (Å²) in [6.07, 6.45) is 0. The number of nitrogens with one attached hydrogen (secondary N) is 1. The molecule has 30 heavy (non-hydrogen) atoms. The number of carboxylic acids is 4. The highest BCUT2D eigenvalue weighted by Crippen LogP contribution is 1.97. The van der Waals surface area contributed by atoms with Gasteiger partial charge in [-0.3, -0.25) is 38.7 Å². The summed E-state index contributed by atoms with van der Waals surface area (Å²) in [5.74, 6) is -5.21. The summed E-state index contributed by atoms with van der Waals surface area (Å²) in [6, 6.07) is 0. The maximum atomic E-state index is 11.8. The summed E-state index contributed by atoms with van der Waals surface area (Å²) in [6.45, 7) is -1.57. The first-order valence-corrected chi connectivity index (χ1v) is 9.04. The third kappa shape index (κ3) is 15.2. The smallest absolute Gasteiger partial charge is 0.317 e. The molecular weight excluding hydrogens is 406 g/mol. The minimum absolute atomic E-state index is 0.0260. The third-order valence-electron chi connectivity index (χ3n) is 3.73. The molecule has 0 fully saturated rings. The number of amides is 1. The van der Waals surface area contributed by atoms with Gasteiger partial charge in [0.2, 0.25) is 5.91 Å². The average molecular weight is 435 g/mol. The molecule has 0 bridgehead atoms. The number of carbonyl (C=O) groups is 5. The van der Waals surface area contributed by atoms with Gasteiger partial charge in [-0.2, -0.15) is 0 Å². The van der Waals surface area contributed by atoms with Crippen LogP contribution < -0.4 is 11.1 Å². The summed E-state index contributed by atoms with van der Waals surface area (Å²) in [7, 11) is 0. The second-order valence-electron chi connectivity index (χ2n) is 6.41. The first kappa shape index (κ1) is 27.2. The lowest BCUT2D eigenvalue weighted by atomic mass is 10.3. The first-order valence-electron chi connectivity index (χ1n) is 9.04. The topological polar surface area (TPSA) is 214 Å². The van der Waals surface area contributed by atoms with E-state index >= 15 is 0 Å². The van der Waals surface area contributed by atoms with E-state index in [-0.39, 0.29) is 45.8 Å². The van der Waals surface area contributed by atoms with Gasteiger partial charge in [0.1, 0.15) is 0 Å². The van der Waals surface area contributed by atoms with Gasteiger partial charge in [-0.25, -0.2) is 0 Å². The van der Waals surface area contributed by atoms with E-state index in [0.717, 1.165) is 4.90 Å². The van der Waals surface area contributed by atoms with Gasteiger partial charge in [0.05, 0.1) is 32.7 Å². The first-order chi connectivity index (χ1) is 14.0. The molecule has 14 heteroatoms. The number of carboxylic acid groups (broad SMARTS) is 4. The molecule has 0 radical (unpaired) electrons. The van der Waals surface area contributed by atoms with Gasteiger partial charge in [-0.1, -0.05) is 0 Å². The van der Waals surface area contributed by atoms with Gasteiger partial charge in [-0.05, 0) is 0 Å².